The first-order valence-corrected chi connectivity index (χ1v) is 6.65. The number of ether oxygens (including phenoxy) is 1. The SMILES string of the molecule is CCOCc1nc(NN)cc(Nc2cccc(Cl)c2F)n1. The molecular weight excluding hydrogens is 297 g/mol. The van der Waals surface area contributed by atoms with Crippen LogP contribution in [0, 0.1) is 5.82 Å². The number of hydrazine groups is 1. The van der Waals surface area contributed by atoms with Gasteiger partial charge in [-0.1, -0.05) is 17.7 Å². The lowest BCUT2D eigenvalue weighted by atomic mass is 10.3. The summed E-state index contributed by atoms with van der Waals surface area (Å²) in [7, 11) is 0. The van der Waals surface area contributed by atoms with Crippen LogP contribution >= 0.6 is 11.6 Å². The fourth-order valence-electron chi connectivity index (χ4n) is 1.63. The lowest BCUT2D eigenvalue weighted by Gasteiger charge is -2.11. The molecule has 0 bridgehead atoms. The van der Waals surface area contributed by atoms with E-state index >= 15 is 0 Å². The summed E-state index contributed by atoms with van der Waals surface area (Å²) >= 11 is 5.74. The zero-order valence-electron chi connectivity index (χ0n) is 11.4. The number of anilines is 3. The molecule has 0 atom stereocenters. The highest BCUT2D eigenvalue weighted by molar-refractivity contribution is 6.31. The number of rotatable bonds is 6. The maximum Gasteiger partial charge on any atom is 0.165 e. The normalized spacial score (nSPS) is 10.5. The third-order valence-corrected chi connectivity index (χ3v) is 2.86. The highest BCUT2D eigenvalue weighted by Crippen LogP contribution is 2.25. The van der Waals surface area contributed by atoms with Crippen molar-refractivity contribution in [3.63, 3.8) is 0 Å². The van der Waals surface area contributed by atoms with Crippen LogP contribution in [0.1, 0.15) is 12.7 Å². The van der Waals surface area contributed by atoms with Crippen LogP contribution in [0.2, 0.25) is 5.02 Å². The van der Waals surface area contributed by atoms with Crippen molar-refractivity contribution >= 4 is 28.9 Å². The van der Waals surface area contributed by atoms with E-state index in [2.05, 4.69) is 20.7 Å². The quantitative estimate of drug-likeness (QED) is 0.562. The monoisotopic (exact) mass is 311 g/mol. The van der Waals surface area contributed by atoms with Crippen LogP contribution in [-0.2, 0) is 11.3 Å². The molecular formula is C13H15ClFN5O. The Kier molecular flexibility index (Phi) is 5.26. The molecule has 1 aromatic heterocycles. The second-order valence-corrected chi connectivity index (χ2v) is 4.47. The van der Waals surface area contributed by atoms with Gasteiger partial charge in [0.2, 0.25) is 0 Å². The average molecular weight is 312 g/mol. The standard InChI is InChI=1S/C13H15ClFN5O/c1-2-21-7-12-18-10(6-11(19-12)20-16)17-9-5-3-4-8(14)13(9)15/h3-6H,2,7,16H2,1H3,(H2,17,18,19,20). The van der Waals surface area contributed by atoms with Crippen molar-refractivity contribution in [3.05, 3.63) is 40.9 Å². The molecule has 1 heterocycles. The molecule has 21 heavy (non-hydrogen) atoms. The number of benzene rings is 1. The van der Waals surface area contributed by atoms with Gasteiger partial charge in [0.1, 0.15) is 18.2 Å². The molecule has 8 heteroatoms. The Morgan fingerprint density at radius 2 is 2.10 bits per heavy atom. The third kappa shape index (κ3) is 4.01. The van der Waals surface area contributed by atoms with Crippen molar-refractivity contribution in [2.45, 2.75) is 13.5 Å². The van der Waals surface area contributed by atoms with Gasteiger partial charge in [-0.25, -0.2) is 20.2 Å². The Morgan fingerprint density at radius 3 is 2.81 bits per heavy atom. The van der Waals surface area contributed by atoms with E-state index in [1.807, 2.05) is 6.92 Å². The van der Waals surface area contributed by atoms with Crippen molar-refractivity contribution in [2.75, 3.05) is 17.3 Å². The summed E-state index contributed by atoms with van der Waals surface area (Å²) in [5.74, 6) is 6.01. The molecule has 2 rings (SSSR count). The largest absolute Gasteiger partial charge is 0.374 e. The van der Waals surface area contributed by atoms with Crippen LogP contribution in [0.4, 0.5) is 21.7 Å². The predicted octanol–water partition coefficient (Wildman–Crippen LogP) is 2.83. The van der Waals surface area contributed by atoms with Crippen molar-refractivity contribution in [2.24, 2.45) is 5.84 Å². The fourth-order valence-corrected chi connectivity index (χ4v) is 1.81. The first-order valence-electron chi connectivity index (χ1n) is 6.27. The number of nitrogens with two attached hydrogens (primary N) is 1. The number of hydrogen-bond acceptors (Lipinski definition) is 6. The summed E-state index contributed by atoms with van der Waals surface area (Å²) in [6.45, 7) is 2.64. The highest BCUT2D eigenvalue weighted by Gasteiger charge is 2.09. The van der Waals surface area contributed by atoms with Gasteiger partial charge in [-0.05, 0) is 19.1 Å². The number of nitrogens with one attached hydrogen (secondary N) is 2. The Hall–Kier alpha value is -1.96. The van der Waals surface area contributed by atoms with Gasteiger partial charge in [0.15, 0.2) is 11.6 Å². The highest BCUT2D eigenvalue weighted by atomic mass is 35.5. The van der Waals surface area contributed by atoms with E-state index in [1.54, 1.807) is 18.2 Å². The van der Waals surface area contributed by atoms with Crippen LogP contribution in [0.3, 0.4) is 0 Å². The van der Waals surface area contributed by atoms with Crippen LogP contribution in [0.25, 0.3) is 0 Å². The number of aromatic nitrogens is 2. The van der Waals surface area contributed by atoms with Gasteiger partial charge in [0, 0.05) is 12.7 Å². The van der Waals surface area contributed by atoms with Crippen LogP contribution in [0.5, 0.6) is 0 Å². The van der Waals surface area contributed by atoms with Crippen LogP contribution in [-0.4, -0.2) is 16.6 Å². The topological polar surface area (TPSA) is 85.1 Å². The molecule has 0 unspecified atom stereocenters. The van der Waals surface area contributed by atoms with E-state index in [4.69, 9.17) is 22.2 Å². The smallest absolute Gasteiger partial charge is 0.165 e. The van der Waals surface area contributed by atoms with E-state index in [9.17, 15) is 4.39 Å². The molecule has 0 fully saturated rings. The first-order chi connectivity index (χ1) is 10.1. The molecule has 0 aliphatic heterocycles. The lowest BCUT2D eigenvalue weighted by Crippen LogP contribution is -2.12. The van der Waals surface area contributed by atoms with Gasteiger partial charge in [-0.15, -0.1) is 0 Å². The predicted molar refractivity (Wildman–Crippen MR) is 79.9 cm³/mol. The number of nitrogen functional groups attached to an aromatic ring is 1. The third-order valence-electron chi connectivity index (χ3n) is 2.57. The van der Waals surface area contributed by atoms with E-state index in [1.165, 1.54) is 6.07 Å². The fraction of sp³-hybridized carbons (Fsp3) is 0.231. The molecule has 0 amide bonds. The van der Waals surface area contributed by atoms with E-state index in [-0.39, 0.29) is 17.3 Å². The van der Waals surface area contributed by atoms with Crippen molar-refractivity contribution in [3.8, 4) is 0 Å². The van der Waals surface area contributed by atoms with E-state index in [0.29, 0.717) is 24.1 Å². The van der Waals surface area contributed by atoms with Gasteiger partial charge in [-0.3, -0.25) is 0 Å². The zero-order valence-corrected chi connectivity index (χ0v) is 12.1. The van der Waals surface area contributed by atoms with Gasteiger partial charge >= 0.3 is 0 Å². The maximum atomic E-state index is 13.9. The Morgan fingerprint density at radius 1 is 1.33 bits per heavy atom. The summed E-state index contributed by atoms with van der Waals surface area (Å²) in [5.41, 5.74) is 2.64. The molecule has 0 saturated heterocycles. The maximum absolute atomic E-state index is 13.9. The molecule has 0 saturated carbocycles. The molecule has 4 N–H and O–H groups in total. The molecule has 0 radical (unpaired) electrons. The first kappa shape index (κ1) is 15.4. The molecule has 0 aliphatic carbocycles. The second kappa shape index (κ2) is 7.16. The molecule has 6 nitrogen and oxygen atoms in total. The van der Waals surface area contributed by atoms with Crippen molar-refractivity contribution < 1.29 is 9.13 Å². The number of halogens is 2. The molecule has 1 aromatic carbocycles. The van der Waals surface area contributed by atoms with Crippen LogP contribution in [0.15, 0.2) is 24.3 Å². The second-order valence-electron chi connectivity index (χ2n) is 4.06. The van der Waals surface area contributed by atoms with Gasteiger partial charge in [0.25, 0.3) is 0 Å². The Balaban J connectivity index is 2.28. The Labute approximate surface area is 126 Å². The van der Waals surface area contributed by atoms with Gasteiger partial charge in [0.05, 0.1) is 10.7 Å². The van der Waals surface area contributed by atoms with Crippen LogP contribution < -0.4 is 16.6 Å². The van der Waals surface area contributed by atoms with E-state index < -0.39 is 5.82 Å². The van der Waals surface area contributed by atoms with Gasteiger partial charge < -0.3 is 15.5 Å². The molecule has 2 aromatic rings. The molecule has 0 aliphatic rings. The minimum atomic E-state index is -0.550. The lowest BCUT2D eigenvalue weighted by molar-refractivity contribution is 0.128. The summed E-state index contributed by atoms with van der Waals surface area (Å²) in [6, 6.07) is 6.21. The molecule has 0 spiro atoms. The van der Waals surface area contributed by atoms with E-state index in [0.717, 1.165) is 0 Å². The summed E-state index contributed by atoms with van der Waals surface area (Å²) in [5, 5.41) is 2.87. The minimum Gasteiger partial charge on any atom is -0.374 e. The summed E-state index contributed by atoms with van der Waals surface area (Å²) in [4.78, 5) is 8.37. The summed E-state index contributed by atoms with van der Waals surface area (Å²) in [6.07, 6.45) is 0. The Bertz CT molecular complexity index is 626. The molecule has 112 valence electrons. The number of hydrogen-bond donors (Lipinski definition) is 3. The number of nitrogens with zero attached hydrogens (tertiary/aromatic N) is 2. The zero-order chi connectivity index (χ0) is 15.2. The average Bonchev–Trinajstić information content (AvgIpc) is 2.49. The van der Waals surface area contributed by atoms with Crippen molar-refractivity contribution in [1.82, 2.24) is 9.97 Å². The van der Waals surface area contributed by atoms with Crippen molar-refractivity contribution in [1.29, 1.82) is 0 Å². The summed E-state index contributed by atoms with van der Waals surface area (Å²) < 4.78 is 19.1. The van der Waals surface area contributed by atoms with Gasteiger partial charge in [-0.2, -0.15) is 0 Å². The minimum absolute atomic E-state index is 0.0285.